The minimum Gasteiger partial charge on any atom is -0.372 e. The summed E-state index contributed by atoms with van der Waals surface area (Å²) >= 11 is 0. The molecule has 0 bridgehead atoms. The highest BCUT2D eigenvalue weighted by Gasteiger charge is 2.12. The minimum absolute atomic E-state index is 0.456. The van der Waals surface area contributed by atoms with Gasteiger partial charge in [0, 0.05) is 18.8 Å². The molecule has 1 heterocycles. The van der Waals surface area contributed by atoms with Gasteiger partial charge >= 0.3 is 0 Å². The van der Waals surface area contributed by atoms with Gasteiger partial charge in [-0.25, -0.2) is 0 Å². The van der Waals surface area contributed by atoms with Crippen molar-refractivity contribution >= 4 is 5.69 Å². The van der Waals surface area contributed by atoms with Crippen molar-refractivity contribution in [3.63, 3.8) is 0 Å². The van der Waals surface area contributed by atoms with Gasteiger partial charge in [0.15, 0.2) is 0 Å². The number of anilines is 1. The molecule has 1 unspecified atom stereocenters. The van der Waals surface area contributed by atoms with Crippen LogP contribution in [0.15, 0.2) is 36.9 Å². The van der Waals surface area contributed by atoms with E-state index in [9.17, 15) is 0 Å². The first-order valence-corrected chi connectivity index (χ1v) is 5.79. The van der Waals surface area contributed by atoms with Crippen LogP contribution in [0.5, 0.6) is 0 Å². The fraction of sp³-hybridized carbons (Fsp3) is 0.429. The van der Waals surface area contributed by atoms with E-state index in [1.165, 1.54) is 37.2 Å². The predicted octanol–water partition coefficient (Wildman–Crippen LogP) is 3.58. The van der Waals surface area contributed by atoms with Crippen molar-refractivity contribution in [3.8, 4) is 0 Å². The summed E-state index contributed by atoms with van der Waals surface area (Å²) in [5.41, 5.74) is 2.72. The summed E-state index contributed by atoms with van der Waals surface area (Å²) in [6.07, 6.45) is 4.67. The molecule has 0 radical (unpaired) electrons. The van der Waals surface area contributed by atoms with Crippen LogP contribution in [0.2, 0.25) is 0 Å². The highest BCUT2D eigenvalue weighted by atomic mass is 15.1. The van der Waals surface area contributed by atoms with Crippen molar-refractivity contribution in [2.75, 3.05) is 18.0 Å². The second-order valence-electron chi connectivity index (χ2n) is 4.31. The number of rotatable bonds is 3. The monoisotopic (exact) mass is 201 g/mol. The van der Waals surface area contributed by atoms with Gasteiger partial charge in [-0.05, 0) is 36.5 Å². The lowest BCUT2D eigenvalue weighted by Gasteiger charge is -2.18. The number of hydrogen-bond acceptors (Lipinski definition) is 1. The molecule has 1 heteroatoms. The Bertz CT molecular complexity index is 320. The molecule has 1 aromatic rings. The largest absolute Gasteiger partial charge is 0.372 e. The lowest BCUT2D eigenvalue weighted by molar-refractivity contribution is 0.949. The Morgan fingerprint density at radius 2 is 1.80 bits per heavy atom. The topological polar surface area (TPSA) is 3.24 Å². The highest BCUT2D eigenvalue weighted by Crippen LogP contribution is 2.23. The molecular weight excluding hydrogens is 182 g/mol. The molecule has 1 atom stereocenters. The Balaban J connectivity index is 2.12. The van der Waals surface area contributed by atoms with Gasteiger partial charge in [-0.2, -0.15) is 0 Å². The molecule has 0 saturated carbocycles. The molecule has 1 aliphatic heterocycles. The molecule has 80 valence electrons. The summed E-state index contributed by atoms with van der Waals surface area (Å²) in [5, 5.41) is 0. The zero-order valence-electron chi connectivity index (χ0n) is 9.45. The number of hydrogen-bond donors (Lipinski definition) is 0. The quantitative estimate of drug-likeness (QED) is 0.676. The third kappa shape index (κ3) is 2.23. The van der Waals surface area contributed by atoms with Gasteiger partial charge in [0.1, 0.15) is 0 Å². The summed E-state index contributed by atoms with van der Waals surface area (Å²) in [5.74, 6) is 0.456. The van der Waals surface area contributed by atoms with Crippen LogP contribution in [0.25, 0.3) is 0 Å². The first-order valence-electron chi connectivity index (χ1n) is 5.79. The molecule has 1 fully saturated rings. The molecule has 1 nitrogen and oxygen atoms in total. The second-order valence-corrected chi connectivity index (χ2v) is 4.31. The van der Waals surface area contributed by atoms with Crippen molar-refractivity contribution in [2.45, 2.75) is 25.7 Å². The first kappa shape index (κ1) is 10.3. The van der Waals surface area contributed by atoms with Crippen molar-refractivity contribution in [3.05, 3.63) is 42.5 Å². The van der Waals surface area contributed by atoms with Gasteiger partial charge < -0.3 is 4.90 Å². The number of allylic oxidation sites excluding steroid dienone is 1. The average Bonchev–Trinajstić information content (AvgIpc) is 2.82. The smallest absolute Gasteiger partial charge is 0.0366 e. The van der Waals surface area contributed by atoms with E-state index in [2.05, 4.69) is 42.7 Å². The zero-order chi connectivity index (χ0) is 10.7. The van der Waals surface area contributed by atoms with Crippen molar-refractivity contribution in [1.29, 1.82) is 0 Å². The van der Waals surface area contributed by atoms with E-state index in [1.807, 2.05) is 6.08 Å². The van der Waals surface area contributed by atoms with E-state index in [1.54, 1.807) is 0 Å². The van der Waals surface area contributed by atoms with Crippen LogP contribution < -0.4 is 4.90 Å². The molecule has 0 aromatic heterocycles. The summed E-state index contributed by atoms with van der Waals surface area (Å²) in [6, 6.07) is 8.92. The standard InChI is InChI=1S/C14H19N/c1-3-12(2)13-6-8-14(9-7-13)15-10-4-5-11-15/h3,6-9,12H,1,4-5,10-11H2,2H3. The highest BCUT2D eigenvalue weighted by molar-refractivity contribution is 5.49. The van der Waals surface area contributed by atoms with E-state index in [0.29, 0.717) is 5.92 Å². The molecule has 2 rings (SSSR count). The second kappa shape index (κ2) is 4.52. The zero-order valence-corrected chi connectivity index (χ0v) is 9.45. The Labute approximate surface area is 92.4 Å². The van der Waals surface area contributed by atoms with Crippen LogP contribution in [0, 0.1) is 0 Å². The van der Waals surface area contributed by atoms with E-state index in [0.717, 1.165) is 0 Å². The molecule has 1 saturated heterocycles. The van der Waals surface area contributed by atoms with Gasteiger partial charge in [-0.1, -0.05) is 25.1 Å². The van der Waals surface area contributed by atoms with Gasteiger partial charge in [0.25, 0.3) is 0 Å². The Kier molecular flexibility index (Phi) is 3.10. The van der Waals surface area contributed by atoms with Crippen LogP contribution >= 0.6 is 0 Å². The SMILES string of the molecule is C=CC(C)c1ccc(N2CCCC2)cc1. The van der Waals surface area contributed by atoms with E-state index in [-0.39, 0.29) is 0 Å². The lowest BCUT2D eigenvalue weighted by atomic mass is 10.0. The van der Waals surface area contributed by atoms with E-state index in [4.69, 9.17) is 0 Å². The maximum Gasteiger partial charge on any atom is 0.0366 e. The van der Waals surface area contributed by atoms with Gasteiger partial charge in [0.2, 0.25) is 0 Å². The summed E-state index contributed by atoms with van der Waals surface area (Å²) in [4.78, 5) is 2.46. The molecule has 0 spiro atoms. The van der Waals surface area contributed by atoms with Gasteiger partial charge in [-0.15, -0.1) is 6.58 Å². The lowest BCUT2D eigenvalue weighted by Crippen LogP contribution is -2.17. The predicted molar refractivity (Wildman–Crippen MR) is 66.5 cm³/mol. The Hall–Kier alpha value is -1.24. The molecule has 1 aliphatic rings. The molecule has 0 N–H and O–H groups in total. The molecule has 0 aliphatic carbocycles. The van der Waals surface area contributed by atoms with Crippen molar-refractivity contribution in [1.82, 2.24) is 0 Å². The maximum atomic E-state index is 3.83. The van der Waals surface area contributed by atoms with Crippen LogP contribution in [-0.2, 0) is 0 Å². The third-order valence-electron chi connectivity index (χ3n) is 3.24. The molecule has 1 aromatic carbocycles. The average molecular weight is 201 g/mol. The molecule has 15 heavy (non-hydrogen) atoms. The summed E-state index contributed by atoms with van der Waals surface area (Å²) in [7, 11) is 0. The molecule has 0 amide bonds. The van der Waals surface area contributed by atoms with Gasteiger partial charge in [-0.3, -0.25) is 0 Å². The van der Waals surface area contributed by atoms with E-state index >= 15 is 0 Å². The fourth-order valence-corrected chi connectivity index (χ4v) is 2.10. The Morgan fingerprint density at radius 1 is 1.20 bits per heavy atom. The van der Waals surface area contributed by atoms with Crippen LogP contribution in [0.4, 0.5) is 5.69 Å². The first-order chi connectivity index (χ1) is 7.31. The summed E-state index contributed by atoms with van der Waals surface area (Å²) in [6.45, 7) is 8.44. The number of benzene rings is 1. The fourth-order valence-electron chi connectivity index (χ4n) is 2.10. The molecular formula is C14H19N. The maximum absolute atomic E-state index is 3.83. The van der Waals surface area contributed by atoms with Crippen LogP contribution in [0.1, 0.15) is 31.2 Å². The normalized spacial score (nSPS) is 17.8. The van der Waals surface area contributed by atoms with Crippen LogP contribution in [0.3, 0.4) is 0 Å². The van der Waals surface area contributed by atoms with Crippen molar-refractivity contribution < 1.29 is 0 Å². The Morgan fingerprint density at radius 3 is 2.33 bits per heavy atom. The van der Waals surface area contributed by atoms with E-state index < -0.39 is 0 Å². The third-order valence-corrected chi connectivity index (χ3v) is 3.24. The van der Waals surface area contributed by atoms with Crippen LogP contribution in [-0.4, -0.2) is 13.1 Å². The van der Waals surface area contributed by atoms with Crippen molar-refractivity contribution in [2.24, 2.45) is 0 Å². The minimum atomic E-state index is 0.456. The van der Waals surface area contributed by atoms with Gasteiger partial charge in [0.05, 0.1) is 0 Å². The number of nitrogens with zero attached hydrogens (tertiary/aromatic N) is 1. The summed E-state index contributed by atoms with van der Waals surface area (Å²) < 4.78 is 0.